The molecular weight excluding hydrogens is 332 g/mol. The Labute approximate surface area is 156 Å². The number of hydrogen-bond donors (Lipinski definition) is 2. The molecule has 0 saturated carbocycles. The maximum Gasteiger partial charge on any atom is 0.345 e. The number of aliphatic imine (C=N–C) groups is 1. The van der Waals surface area contributed by atoms with Gasteiger partial charge in [-0.25, -0.2) is 9.48 Å². The number of aromatic nitrogens is 3. The van der Waals surface area contributed by atoms with E-state index >= 15 is 0 Å². The van der Waals surface area contributed by atoms with Crippen molar-refractivity contribution in [2.75, 3.05) is 27.2 Å². The summed E-state index contributed by atoms with van der Waals surface area (Å²) in [5, 5.41) is 11.0. The third-order valence-electron chi connectivity index (χ3n) is 4.80. The van der Waals surface area contributed by atoms with Crippen LogP contribution >= 0.6 is 0 Å². The van der Waals surface area contributed by atoms with Gasteiger partial charge in [0.15, 0.2) is 5.96 Å². The molecule has 0 amide bonds. The Balaban J connectivity index is 1.76. The number of guanidine groups is 1. The Morgan fingerprint density at radius 1 is 1.35 bits per heavy atom. The lowest BCUT2D eigenvalue weighted by Crippen LogP contribution is -2.45. The number of hydrogen-bond acceptors (Lipinski definition) is 4. The van der Waals surface area contributed by atoms with Crippen molar-refractivity contribution < 1.29 is 4.74 Å². The van der Waals surface area contributed by atoms with Crippen LogP contribution in [0.1, 0.15) is 45.9 Å². The van der Waals surface area contributed by atoms with Gasteiger partial charge in [-0.15, -0.1) is 0 Å². The van der Waals surface area contributed by atoms with E-state index in [9.17, 15) is 4.79 Å². The van der Waals surface area contributed by atoms with Gasteiger partial charge in [-0.1, -0.05) is 20.8 Å². The van der Waals surface area contributed by atoms with Crippen molar-refractivity contribution in [1.29, 1.82) is 0 Å². The van der Waals surface area contributed by atoms with Crippen molar-refractivity contribution in [2.24, 2.45) is 10.4 Å². The smallest absolute Gasteiger partial charge is 0.345 e. The summed E-state index contributed by atoms with van der Waals surface area (Å²) in [5.74, 6) is 1.67. The average Bonchev–Trinajstić information content (AvgIpc) is 2.92. The molecule has 2 rings (SSSR count). The molecule has 8 nitrogen and oxygen atoms in total. The van der Waals surface area contributed by atoms with Gasteiger partial charge in [-0.2, -0.15) is 5.10 Å². The van der Waals surface area contributed by atoms with E-state index in [2.05, 4.69) is 41.5 Å². The number of nitrogens with one attached hydrogen (secondary N) is 2. The second-order valence-corrected chi connectivity index (χ2v) is 7.85. The van der Waals surface area contributed by atoms with E-state index in [1.807, 2.05) is 4.57 Å². The van der Waals surface area contributed by atoms with E-state index in [4.69, 9.17) is 4.74 Å². The zero-order valence-corrected chi connectivity index (χ0v) is 16.8. The second kappa shape index (κ2) is 9.21. The standard InChI is InChI=1S/C18H34N6O2/c1-18(2,3)14(26-5)13-21-16(19-4)20-10-8-12-24-17(25)23-11-7-6-9-15(23)22-24/h14H,6-13H2,1-5H3,(H2,19,20,21). The van der Waals surface area contributed by atoms with Gasteiger partial charge in [0.1, 0.15) is 5.82 Å². The summed E-state index contributed by atoms with van der Waals surface area (Å²) in [7, 11) is 3.48. The first-order valence-electron chi connectivity index (χ1n) is 9.50. The molecule has 0 saturated heterocycles. The highest BCUT2D eigenvalue weighted by atomic mass is 16.5. The number of fused-ring (bicyclic) bond motifs is 1. The molecule has 0 fully saturated rings. The Bertz CT molecular complexity index is 656. The Morgan fingerprint density at radius 3 is 2.73 bits per heavy atom. The molecule has 8 heteroatoms. The molecule has 1 unspecified atom stereocenters. The van der Waals surface area contributed by atoms with Gasteiger partial charge in [-0.05, 0) is 24.7 Å². The molecule has 1 aliphatic heterocycles. The number of rotatable bonds is 7. The van der Waals surface area contributed by atoms with Crippen LogP contribution in [0, 0.1) is 5.41 Å². The van der Waals surface area contributed by atoms with E-state index in [1.165, 1.54) is 0 Å². The molecule has 0 radical (unpaired) electrons. The minimum atomic E-state index is 0.0234. The summed E-state index contributed by atoms with van der Waals surface area (Å²) in [4.78, 5) is 16.5. The van der Waals surface area contributed by atoms with Crippen LogP contribution in [-0.2, 0) is 24.2 Å². The average molecular weight is 367 g/mol. The molecule has 1 atom stereocenters. The van der Waals surface area contributed by atoms with Gasteiger partial charge in [0.05, 0.1) is 6.10 Å². The molecule has 1 aliphatic rings. The molecule has 26 heavy (non-hydrogen) atoms. The fourth-order valence-electron chi connectivity index (χ4n) is 3.18. The maximum atomic E-state index is 12.3. The zero-order chi connectivity index (χ0) is 19.2. The Morgan fingerprint density at radius 2 is 2.12 bits per heavy atom. The quantitative estimate of drug-likeness (QED) is 0.427. The first-order chi connectivity index (χ1) is 12.4. The zero-order valence-electron chi connectivity index (χ0n) is 16.8. The second-order valence-electron chi connectivity index (χ2n) is 7.85. The van der Waals surface area contributed by atoms with Crippen LogP contribution < -0.4 is 16.3 Å². The molecule has 2 N–H and O–H groups in total. The van der Waals surface area contributed by atoms with Crippen molar-refractivity contribution in [1.82, 2.24) is 25.0 Å². The summed E-state index contributed by atoms with van der Waals surface area (Å²) in [6.07, 6.45) is 4.00. The molecule has 0 spiro atoms. The normalized spacial score (nSPS) is 16.3. The van der Waals surface area contributed by atoms with Crippen LogP contribution in [0.3, 0.4) is 0 Å². The molecule has 148 valence electrons. The number of nitrogens with zero attached hydrogens (tertiary/aromatic N) is 4. The van der Waals surface area contributed by atoms with Gasteiger partial charge in [0.25, 0.3) is 0 Å². The summed E-state index contributed by atoms with van der Waals surface area (Å²) in [5.41, 5.74) is 0.0810. The molecule has 1 aromatic rings. The highest BCUT2D eigenvalue weighted by molar-refractivity contribution is 5.79. The van der Waals surface area contributed by atoms with Gasteiger partial charge in [-0.3, -0.25) is 9.56 Å². The van der Waals surface area contributed by atoms with E-state index in [1.54, 1.807) is 18.8 Å². The fraction of sp³-hybridized carbons (Fsp3) is 0.833. The van der Waals surface area contributed by atoms with Crippen LogP contribution in [0.5, 0.6) is 0 Å². The fourth-order valence-corrected chi connectivity index (χ4v) is 3.18. The summed E-state index contributed by atoms with van der Waals surface area (Å²) < 4.78 is 8.96. The van der Waals surface area contributed by atoms with Crippen molar-refractivity contribution in [2.45, 2.75) is 65.6 Å². The lowest BCUT2D eigenvalue weighted by atomic mass is 9.89. The van der Waals surface area contributed by atoms with Gasteiger partial charge >= 0.3 is 5.69 Å². The van der Waals surface area contributed by atoms with Crippen LogP contribution in [0.4, 0.5) is 0 Å². The van der Waals surface area contributed by atoms with Crippen LogP contribution in [0.2, 0.25) is 0 Å². The molecule has 1 aromatic heterocycles. The van der Waals surface area contributed by atoms with Crippen molar-refractivity contribution in [3.05, 3.63) is 16.3 Å². The predicted molar refractivity (Wildman–Crippen MR) is 104 cm³/mol. The van der Waals surface area contributed by atoms with Crippen molar-refractivity contribution >= 4 is 5.96 Å². The Kier molecular flexibility index (Phi) is 7.25. The maximum absolute atomic E-state index is 12.3. The summed E-state index contributed by atoms with van der Waals surface area (Å²) in [6.45, 7) is 9.29. The van der Waals surface area contributed by atoms with E-state index in [0.29, 0.717) is 13.1 Å². The molecule has 2 heterocycles. The summed E-state index contributed by atoms with van der Waals surface area (Å²) >= 11 is 0. The van der Waals surface area contributed by atoms with Crippen molar-refractivity contribution in [3.63, 3.8) is 0 Å². The first-order valence-corrected chi connectivity index (χ1v) is 9.50. The topological polar surface area (TPSA) is 85.5 Å². The lowest BCUT2D eigenvalue weighted by Gasteiger charge is -2.30. The van der Waals surface area contributed by atoms with E-state index in [-0.39, 0.29) is 17.2 Å². The van der Waals surface area contributed by atoms with Gasteiger partial charge in [0.2, 0.25) is 0 Å². The third kappa shape index (κ3) is 5.33. The predicted octanol–water partition coefficient (Wildman–Crippen LogP) is 0.997. The highest BCUT2D eigenvalue weighted by Crippen LogP contribution is 2.20. The monoisotopic (exact) mass is 366 g/mol. The minimum Gasteiger partial charge on any atom is -0.379 e. The SMILES string of the molecule is CN=C(NCCCn1nc2n(c1=O)CCCC2)NCC(OC)C(C)(C)C. The van der Waals surface area contributed by atoms with E-state index < -0.39 is 0 Å². The minimum absolute atomic E-state index is 0.0234. The van der Waals surface area contributed by atoms with Crippen LogP contribution in [-0.4, -0.2) is 53.7 Å². The van der Waals surface area contributed by atoms with Crippen LogP contribution in [0.25, 0.3) is 0 Å². The Hall–Kier alpha value is -1.83. The first kappa shape index (κ1) is 20.5. The van der Waals surface area contributed by atoms with Crippen molar-refractivity contribution in [3.8, 4) is 0 Å². The molecule has 0 aromatic carbocycles. The van der Waals surface area contributed by atoms with Gasteiger partial charge in [0, 0.05) is 46.8 Å². The van der Waals surface area contributed by atoms with Gasteiger partial charge < -0.3 is 15.4 Å². The van der Waals surface area contributed by atoms with E-state index in [0.717, 1.165) is 50.6 Å². The largest absolute Gasteiger partial charge is 0.379 e. The number of ether oxygens (including phenoxy) is 1. The number of aryl methyl sites for hydroxylation is 2. The molecular formula is C18H34N6O2. The summed E-state index contributed by atoms with van der Waals surface area (Å²) in [6, 6.07) is 0. The highest BCUT2D eigenvalue weighted by Gasteiger charge is 2.24. The lowest BCUT2D eigenvalue weighted by molar-refractivity contribution is 0.0205. The molecule has 0 bridgehead atoms. The number of methoxy groups -OCH3 is 1. The third-order valence-corrected chi connectivity index (χ3v) is 4.80. The van der Waals surface area contributed by atoms with Crippen LogP contribution in [0.15, 0.2) is 9.79 Å². The molecule has 0 aliphatic carbocycles.